The Bertz CT molecular complexity index is 3390. The summed E-state index contributed by atoms with van der Waals surface area (Å²) in [5, 5.41) is 19.4. The Morgan fingerprint density at radius 2 is 1.07 bits per heavy atom. The molecule has 7 heteroatoms. The zero-order valence-electron chi connectivity index (χ0n) is 31.7. The maximum Gasteiger partial charge on any atom is 0.235 e. The monoisotopic (exact) mass is 765 g/mol. The third-order valence-corrected chi connectivity index (χ3v) is 14.8. The Morgan fingerprint density at radius 1 is 0.526 bits per heavy atom. The molecule has 0 aliphatic rings. The number of rotatable bonds is 5. The Balaban J connectivity index is 1.21. The summed E-state index contributed by atoms with van der Waals surface area (Å²) in [6, 6.07) is 58.0. The summed E-state index contributed by atoms with van der Waals surface area (Å²) in [5.74, 6) is 0.522. The van der Waals surface area contributed by atoms with Gasteiger partial charge in [-0.3, -0.25) is 4.57 Å². The molecular formula is C50H35N5SSi. The molecule has 7 aromatic carbocycles. The van der Waals surface area contributed by atoms with Crippen molar-refractivity contribution in [1.29, 1.82) is 5.26 Å². The lowest BCUT2D eigenvalue weighted by Gasteiger charge is -2.17. The van der Waals surface area contributed by atoms with Crippen LogP contribution in [0.2, 0.25) is 19.6 Å². The third kappa shape index (κ3) is 5.05. The average Bonchev–Trinajstić information content (AvgIpc) is 3.90. The highest BCUT2D eigenvalue weighted by Gasteiger charge is 2.25. The van der Waals surface area contributed by atoms with Crippen molar-refractivity contribution >= 4 is 88.4 Å². The number of hydrogen-bond acceptors (Lipinski definition) is 4. The molecule has 0 spiro atoms. The number of thiophene rings is 1. The second-order valence-corrected chi connectivity index (χ2v) is 21.8. The normalized spacial score (nSPS) is 12.1. The summed E-state index contributed by atoms with van der Waals surface area (Å²) in [6.45, 7) is 7.31. The van der Waals surface area contributed by atoms with Crippen molar-refractivity contribution in [2.75, 3.05) is 0 Å². The lowest BCUT2D eigenvalue weighted by Crippen LogP contribution is -2.37. The van der Waals surface area contributed by atoms with E-state index in [0.29, 0.717) is 22.9 Å². The molecule has 270 valence electrons. The van der Waals surface area contributed by atoms with Crippen molar-refractivity contribution < 1.29 is 0 Å². The fourth-order valence-electron chi connectivity index (χ4n) is 8.79. The van der Waals surface area contributed by atoms with Gasteiger partial charge in [0.1, 0.15) is 11.6 Å². The van der Waals surface area contributed by atoms with E-state index in [-0.39, 0.29) is 0 Å². The van der Waals surface area contributed by atoms with Crippen molar-refractivity contribution in [3.63, 3.8) is 0 Å². The largest absolute Gasteiger partial charge is 0.309 e. The third-order valence-electron chi connectivity index (χ3n) is 11.3. The Labute approximate surface area is 334 Å². The van der Waals surface area contributed by atoms with Gasteiger partial charge in [0.25, 0.3) is 0 Å². The van der Waals surface area contributed by atoms with Crippen LogP contribution in [0.25, 0.3) is 97.9 Å². The minimum absolute atomic E-state index is 0.453. The van der Waals surface area contributed by atoms with Gasteiger partial charge < -0.3 is 4.57 Å². The van der Waals surface area contributed by atoms with Crippen LogP contribution in [0.4, 0.5) is 0 Å². The molecule has 0 radical (unpaired) electrons. The van der Waals surface area contributed by atoms with Gasteiger partial charge in [-0.1, -0.05) is 135 Å². The highest BCUT2D eigenvalue weighted by Crippen LogP contribution is 2.44. The summed E-state index contributed by atoms with van der Waals surface area (Å²) in [6.07, 6.45) is 0. The highest BCUT2D eigenvalue weighted by atomic mass is 32.1. The predicted octanol–water partition coefficient (Wildman–Crippen LogP) is 12.8. The van der Waals surface area contributed by atoms with Crippen LogP contribution in [0.5, 0.6) is 0 Å². The maximum atomic E-state index is 10.6. The van der Waals surface area contributed by atoms with Crippen LogP contribution in [-0.4, -0.2) is 27.2 Å². The van der Waals surface area contributed by atoms with Crippen LogP contribution < -0.4 is 5.19 Å². The molecular weight excluding hydrogens is 731 g/mol. The fourth-order valence-corrected chi connectivity index (χ4v) is 12.4. The molecule has 0 atom stereocenters. The molecule has 0 saturated carbocycles. The summed E-state index contributed by atoms with van der Waals surface area (Å²) >= 11 is 1.93. The lowest BCUT2D eigenvalue weighted by atomic mass is 10.0. The smallest absolute Gasteiger partial charge is 0.235 e. The lowest BCUT2D eigenvalue weighted by molar-refractivity contribution is 0.991. The van der Waals surface area contributed by atoms with E-state index in [1.165, 1.54) is 36.1 Å². The first kappa shape index (κ1) is 33.5. The number of hydrogen-bond donors (Lipinski definition) is 0. The molecule has 11 aromatic rings. The van der Waals surface area contributed by atoms with E-state index < -0.39 is 8.07 Å². The quantitative estimate of drug-likeness (QED) is 0.164. The molecule has 5 nitrogen and oxygen atoms in total. The summed E-state index contributed by atoms with van der Waals surface area (Å²) in [7, 11) is -1.54. The minimum atomic E-state index is -1.54. The van der Waals surface area contributed by atoms with Crippen molar-refractivity contribution in [3.05, 3.63) is 163 Å². The average molecular weight is 766 g/mol. The van der Waals surface area contributed by atoms with Crippen LogP contribution in [0, 0.1) is 11.3 Å². The van der Waals surface area contributed by atoms with Gasteiger partial charge in [-0.2, -0.15) is 5.26 Å². The summed E-state index contributed by atoms with van der Waals surface area (Å²) < 4.78 is 7.35. The van der Waals surface area contributed by atoms with Gasteiger partial charge in [-0.05, 0) is 47.7 Å². The van der Waals surface area contributed by atoms with Crippen molar-refractivity contribution in [3.8, 4) is 40.2 Å². The van der Waals surface area contributed by atoms with Gasteiger partial charge in [0.15, 0.2) is 0 Å². The molecule has 0 amide bonds. The SMILES string of the molecule is C[Si](C)(C)c1cccc2c1sc1ccc(-n3c4ccccc4c4c5c6ccccc6n(-c6nc(-c7ccccc7)c(C#N)c(-c7ccccc7)n6)c5ccc43)cc12. The number of aromatic nitrogens is 4. The molecule has 4 aromatic heterocycles. The standard InChI is InChI=1S/C50H35N5SSi/c1-57(2,3)44-24-14-21-34-37-29-33(25-28-43(37)56-49(34)44)54-39-22-12-10-19-35(39)45-41(54)26-27-42-46(45)36-20-11-13-23-40(36)55(42)50-52-47(31-15-6-4-7-16-31)38(30-51)48(53-50)32-17-8-5-9-18-32/h4-29H,1-3H3. The Morgan fingerprint density at radius 3 is 1.67 bits per heavy atom. The number of nitrogens with zero attached hydrogens (tertiary/aromatic N) is 5. The van der Waals surface area contributed by atoms with E-state index in [4.69, 9.17) is 9.97 Å². The molecule has 0 aliphatic carbocycles. The molecule has 57 heavy (non-hydrogen) atoms. The van der Waals surface area contributed by atoms with Gasteiger partial charge in [-0.15, -0.1) is 11.3 Å². The van der Waals surface area contributed by atoms with E-state index in [1.54, 1.807) is 0 Å². The van der Waals surface area contributed by atoms with Gasteiger partial charge in [0.2, 0.25) is 5.95 Å². The first-order chi connectivity index (χ1) is 27.9. The van der Waals surface area contributed by atoms with E-state index in [9.17, 15) is 5.26 Å². The first-order valence-corrected chi connectivity index (χ1v) is 23.6. The van der Waals surface area contributed by atoms with E-state index in [2.05, 4.69) is 132 Å². The molecule has 0 saturated heterocycles. The Hall–Kier alpha value is -6.85. The molecule has 0 aliphatic heterocycles. The van der Waals surface area contributed by atoms with Gasteiger partial charge in [-0.25, -0.2) is 9.97 Å². The zero-order valence-corrected chi connectivity index (χ0v) is 33.5. The predicted molar refractivity (Wildman–Crippen MR) is 242 cm³/mol. The molecule has 0 unspecified atom stereocenters. The van der Waals surface area contributed by atoms with Crippen LogP contribution in [0.3, 0.4) is 0 Å². The fraction of sp³-hybridized carbons (Fsp3) is 0.0600. The van der Waals surface area contributed by atoms with E-state index >= 15 is 0 Å². The number of benzene rings is 7. The number of nitriles is 1. The van der Waals surface area contributed by atoms with Gasteiger partial charge in [0.05, 0.1) is 41.5 Å². The van der Waals surface area contributed by atoms with E-state index in [0.717, 1.165) is 49.7 Å². The molecule has 11 rings (SSSR count). The molecule has 0 N–H and O–H groups in total. The van der Waals surface area contributed by atoms with Crippen molar-refractivity contribution in [1.82, 2.24) is 19.1 Å². The number of fused-ring (bicyclic) bond motifs is 10. The summed E-state index contributed by atoms with van der Waals surface area (Å²) in [5.41, 5.74) is 8.87. The maximum absolute atomic E-state index is 10.6. The van der Waals surface area contributed by atoms with Crippen LogP contribution in [0.1, 0.15) is 5.56 Å². The zero-order chi connectivity index (χ0) is 38.4. The van der Waals surface area contributed by atoms with Crippen molar-refractivity contribution in [2.45, 2.75) is 19.6 Å². The van der Waals surface area contributed by atoms with Crippen LogP contribution in [-0.2, 0) is 0 Å². The minimum Gasteiger partial charge on any atom is -0.309 e. The topological polar surface area (TPSA) is 59.4 Å². The van der Waals surface area contributed by atoms with Crippen LogP contribution >= 0.6 is 11.3 Å². The first-order valence-electron chi connectivity index (χ1n) is 19.2. The van der Waals surface area contributed by atoms with Crippen molar-refractivity contribution in [2.24, 2.45) is 0 Å². The Kier molecular flexibility index (Phi) is 7.39. The molecule has 4 heterocycles. The molecule has 0 bridgehead atoms. The summed E-state index contributed by atoms with van der Waals surface area (Å²) in [4.78, 5) is 10.5. The highest BCUT2D eigenvalue weighted by molar-refractivity contribution is 7.27. The second-order valence-electron chi connectivity index (χ2n) is 15.7. The second kappa shape index (κ2) is 12.6. The number of para-hydroxylation sites is 2. The van der Waals surface area contributed by atoms with E-state index in [1.807, 2.05) is 72.0 Å². The van der Waals surface area contributed by atoms with Crippen LogP contribution in [0.15, 0.2) is 158 Å². The van der Waals surface area contributed by atoms with Gasteiger partial charge in [0, 0.05) is 58.5 Å². The van der Waals surface area contributed by atoms with Gasteiger partial charge >= 0.3 is 0 Å². The molecule has 0 fully saturated rings.